The maximum Gasteiger partial charge on any atom is 0.127 e. The van der Waals surface area contributed by atoms with Crippen molar-refractivity contribution in [3.63, 3.8) is 0 Å². The van der Waals surface area contributed by atoms with Crippen molar-refractivity contribution >= 4 is 6.29 Å². The molecule has 0 aromatic carbocycles. The lowest BCUT2D eigenvalue weighted by molar-refractivity contribution is -0.118. The zero-order valence-corrected chi connectivity index (χ0v) is 11.3. The molecule has 2 heteroatoms. The highest BCUT2D eigenvalue weighted by Gasteiger charge is 2.33. The van der Waals surface area contributed by atoms with Gasteiger partial charge in [0.05, 0.1) is 0 Å². The lowest BCUT2D eigenvalue weighted by atomic mass is 9.81. The molecule has 0 aromatic rings. The molecule has 2 saturated carbocycles. The molecule has 0 aromatic heterocycles. The van der Waals surface area contributed by atoms with Crippen molar-refractivity contribution in [3.05, 3.63) is 0 Å². The summed E-state index contributed by atoms with van der Waals surface area (Å²) in [5.74, 6) is 0. The largest absolute Gasteiger partial charge is 0.303 e. The standard InChI is InChI=1S/C15H27NO/c1-16(14-8-4-5-9-14)12-15(13-17)10-6-2-3-7-11-15/h13-14H,2-12H2,1H3. The van der Waals surface area contributed by atoms with Crippen LogP contribution in [0.15, 0.2) is 0 Å². The van der Waals surface area contributed by atoms with E-state index in [0.717, 1.165) is 25.4 Å². The molecule has 0 atom stereocenters. The Morgan fingerprint density at radius 2 is 1.65 bits per heavy atom. The van der Waals surface area contributed by atoms with E-state index < -0.39 is 0 Å². The van der Waals surface area contributed by atoms with Crippen LogP contribution in [-0.2, 0) is 4.79 Å². The van der Waals surface area contributed by atoms with Gasteiger partial charge < -0.3 is 9.69 Å². The predicted octanol–water partition coefficient (Wildman–Crippen LogP) is 3.40. The van der Waals surface area contributed by atoms with Gasteiger partial charge in [-0.2, -0.15) is 0 Å². The molecule has 0 bridgehead atoms. The molecule has 2 nitrogen and oxygen atoms in total. The zero-order chi connectivity index (χ0) is 12.1. The van der Waals surface area contributed by atoms with Gasteiger partial charge in [0.25, 0.3) is 0 Å². The van der Waals surface area contributed by atoms with E-state index in [1.165, 1.54) is 57.7 Å². The van der Waals surface area contributed by atoms with Crippen LogP contribution in [0.4, 0.5) is 0 Å². The fraction of sp³-hybridized carbons (Fsp3) is 0.933. The normalized spacial score (nSPS) is 26.0. The molecular formula is C15H27NO. The third-order valence-corrected chi connectivity index (χ3v) is 4.86. The van der Waals surface area contributed by atoms with Gasteiger partial charge in [-0.25, -0.2) is 0 Å². The van der Waals surface area contributed by atoms with Crippen molar-refractivity contribution < 1.29 is 4.79 Å². The molecule has 2 aliphatic carbocycles. The first kappa shape index (κ1) is 13.1. The number of aldehydes is 1. The van der Waals surface area contributed by atoms with Gasteiger partial charge in [-0.15, -0.1) is 0 Å². The van der Waals surface area contributed by atoms with Gasteiger partial charge in [0.1, 0.15) is 6.29 Å². The van der Waals surface area contributed by atoms with Crippen LogP contribution in [0, 0.1) is 5.41 Å². The Bertz CT molecular complexity index is 237. The van der Waals surface area contributed by atoms with Crippen LogP contribution in [0.5, 0.6) is 0 Å². The monoisotopic (exact) mass is 237 g/mol. The topological polar surface area (TPSA) is 20.3 Å². The molecule has 2 aliphatic rings. The number of hydrogen-bond donors (Lipinski definition) is 0. The summed E-state index contributed by atoms with van der Waals surface area (Å²) in [6.07, 6.45) is 14.1. The molecule has 0 N–H and O–H groups in total. The van der Waals surface area contributed by atoms with Crippen molar-refractivity contribution in [2.75, 3.05) is 13.6 Å². The van der Waals surface area contributed by atoms with Crippen molar-refractivity contribution in [3.8, 4) is 0 Å². The third-order valence-electron chi connectivity index (χ3n) is 4.86. The average molecular weight is 237 g/mol. The number of carbonyl (C=O) groups is 1. The van der Waals surface area contributed by atoms with Gasteiger partial charge >= 0.3 is 0 Å². The van der Waals surface area contributed by atoms with Gasteiger partial charge in [-0.1, -0.05) is 38.5 Å². The van der Waals surface area contributed by atoms with Crippen LogP contribution < -0.4 is 0 Å². The minimum atomic E-state index is -0.0200. The minimum Gasteiger partial charge on any atom is -0.303 e. The zero-order valence-electron chi connectivity index (χ0n) is 11.3. The highest BCUT2D eigenvalue weighted by Crippen LogP contribution is 2.35. The maximum absolute atomic E-state index is 11.6. The first-order valence-corrected chi connectivity index (χ1v) is 7.42. The number of carbonyl (C=O) groups excluding carboxylic acids is 1. The van der Waals surface area contributed by atoms with E-state index in [2.05, 4.69) is 11.9 Å². The highest BCUT2D eigenvalue weighted by molar-refractivity contribution is 5.59. The van der Waals surface area contributed by atoms with Crippen LogP contribution in [0.25, 0.3) is 0 Å². The Kier molecular flexibility index (Phi) is 4.61. The van der Waals surface area contributed by atoms with Crippen LogP contribution in [0.1, 0.15) is 64.2 Å². The molecular weight excluding hydrogens is 210 g/mol. The van der Waals surface area contributed by atoms with Gasteiger partial charge in [-0.3, -0.25) is 0 Å². The summed E-state index contributed by atoms with van der Waals surface area (Å²) in [6.45, 7) is 1.00. The predicted molar refractivity (Wildman–Crippen MR) is 71.1 cm³/mol. The Morgan fingerprint density at radius 3 is 2.18 bits per heavy atom. The van der Waals surface area contributed by atoms with E-state index in [9.17, 15) is 4.79 Å². The average Bonchev–Trinajstić information content (AvgIpc) is 2.78. The fourth-order valence-electron chi connectivity index (χ4n) is 3.72. The van der Waals surface area contributed by atoms with Gasteiger partial charge in [0.2, 0.25) is 0 Å². The summed E-state index contributed by atoms with van der Waals surface area (Å²) in [6, 6.07) is 0.745. The molecule has 0 unspecified atom stereocenters. The lowest BCUT2D eigenvalue weighted by Crippen LogP contribution is -2.41. The Labute approximate surface area is 106 Å². The summed E-state index contributed by atoms with van der Waals surface area (Å²) in [5.41, 5.74) is -0.0200. The molecule has 17 heavy (non-hydrogen) atoms. The SMILES string of the molecule is CN(CC1(C=O)CCCCCC1)C1CCCC1. The molecule has 0 aliphatic heterocycles. The lowest BCUT2D eigenvalue weighted by Gasteiger charge is -2.34. The molecule has 2 fully saturated rings. The molecule has 2 rings (SSSR count). The molecule has 0 heterocycles. The molecule has 0 radical (unpaired) electrons. The Hall–Kier alpha value is -0.370. The van der Waals surface area contributed by atoms with Crippen LogP contribution in [-0.4, -0.2) is 30.8 Å². The van der Waals surface area contributed by atoms with Gasteiger partial charge in [0.15, 0.2) is 0 Å². The molecule has 98 valence electrons. The summed E-state index contributed by atoms with van der Waals surface area (Å²) >= 11 is 0. The van der Waals surface area contributed by atoms with Crippen molar-refractivity contribution in [1.82, 2.24) is 4.90 Å². The summed E-state index contributed by atoms with van der Waals surface area (Å²) in [7, 11) is 2.23. The quantitative estimate of drug-likeness (QED) is 0.552. The second-order valence-electron chi connectivity index (χ2n) is 6.25. The molecule has 0 amide bonds. The van der Waals surface area contributed by atoms with Crippen molar-refractivity contribution in [2.45, 2.75) is 70.3 Å². The van der Waals surface area contributed by atoms with Crippen LogP contribution >= 0.6 is 0 Å². The highest BCUT2D eigenvalue weighted by atomic mass is 16.1. The Balaban J connectivity index is 1.94. The Morgan fingerprint density at radius 1 is 1.06 bits per heavy atom. The first-order chi connectivity index (χ1) is 8.26. The smallest absolute Gasteiger partial charge is 0.127 e. The molecule has 0 spiro atoms. The molecule has 0 saturated heterocycles. The second-order valence-corrected chi connectivity index (χ2v) is 6.25. The summed E-state index contributed by atoms with van der Waals surface area (Å²) in [5, 5.41) is 0. The first-order valence-electron chi connectivity index (χ1n) is 7.42. The number of nitrogens with zero attached hydrogens (tertiary/aromatic N) is 1. The number of hydrogen-bond acceptors (Lipinski definition) is 2. The van der Waals surface area contributed by atoms with E-state index in [1.54, 1.807) is 0 Å². The van der Waals surface area contributed by atoms with E-state index in [4.69, 9.17) is 0 Å². The summed E-state index contributed by atoms with van der Waals surface area (Å²) < 4.78 is 0. The third kappa shape index (κ3) is 3.31. The van der Waals surface area contributed by atoms with E-state index in [1.807, 2.05) is 0 Å². The van der Waals surface area contributed by atoms with Gasteiger partial charge in [0, 0.05) is 18.0 Å². The fourth-order valence-corrected chi connectivity index (χ4v) is 3.72. The van der Waals surface area contributed by atoms with E-state index >= 15 is 0 Å². The van der Waals surface area contributed by atoms with E-state index in [0.29, 0.717) is 0 Å². The van der Waals surface area contributed by atoms with Crippen molar-refractivity contribution in [2.24, 2.45) is 5.41 Å². The van der Waals surface area contributed by atoms with Gasteiger partial charge in [-0.05, 0) is 32.7 Å². The minimum absolute atomic E-state index is 0.0200. The second kappa shape index (κ2) is 5.99. The maximum atomic E-state index is 11.6. The van der Waals surface area contributed by atoms with Crippen molar-refractivity contribution in [1.29, 1.82) is 0 Å². The van der Waals surface area contributed by atoms with Crippen LogP contribution in [0.3, 0.4) is 0 Å². The summed E-state index contributed by atoms with van der Waals surface area (Å²) in [4.78, 5) is 14.0. The number of rotatable bonds is 4. The van der Waals surface area contributed by atoms with Crippen LogP contribution in [0.2, 0.25) is 0 Å². The van der Waals surface area contributed by atoms with E-state index in [-0.39, 0.29) is 5.41 Å².